The summed E-state index contributed by atoms with van der Waals surface area (Å²) in [6, 6.07) is 0. The predicted octanol–water partition coefficient (Wildman–Crippen LogP) is 1.35. The Kier molecular flexibility index (Phi) is 5.63. The van der Waals surface area contributed by atoms with Crippen molar-refractivity contribution in [3.8, 4) is 0 Å². The van der Waals surface area contributed by atoms with Gasteiger partial charge in [0, 0.05) is 0 Å². The number of alkyl halides is 6. The standard InChI is InChI=1S/C9H14F6N2O2/c1-3-17-7(2,6(16)18)4-19-5(8(10,11)12)9(13,14)15/h5,17H,3-4H2,1-2H3,(H2,16,18). The van der Waals surface area contributed by atoms with Crippen molar-refractivity contribution < 1.29 is 35.9 Å². The second-order valence-corrected chi connectivity index (χ2v) is 4.00. The van der Waals surface area contributed by atoms with E-state index in [0.717, 1.165) is 6.92 Å². The van der Waals surface area contributed by atoms with Crippen LogP contribution in [0.25, 0.3) is 0 Å². The van der Waals surface area contributed by atoms with Gasteiger partial charge in [-0.15, -0.1) is 0 Å². The molecule has 0 aromatic rings. The van der Waals surface area contributed by atoms with Crippen molar-refractivity contribution in [2.75, 3.05) is 13.2 Å². The summed E-state index contributed by atoms with van der Waals surface area (Å²) in [7, 11) is 0. The van der Waals surface area contributed by atoms with Gasteiger partial charge in [-0.2, -0.15) is 26.3 Å². The van der Waals surface area contributed by atoms with Crippen LogP contribution in [0.5, 0.6) is 0 Å². The molecule has 0 saturated carbocycles. The molecule has 0 aliphatic rings. The van der Waals surface area contributed by atoms with Crippen molar-refractivity contribution in [1.82, 2.24) is 5.32 Å². The van der Waals surface area contributed by atoms with Gasteiger partial charge in [0.05, 0.1) is 6.61 Å². The molecule has 0 aliphatic heterocycles. The second kappa shape index (κ2) is 5.95. The fraction of sp³-hybridized carbons (Fsp3) is 0.889. The molecule has 0 aliphatic carbocycles. The highest BCUT2D eigenvalue weighted by atomic mass is 19.4. The third kappa shape index (κ3) is 5.23. The third-order valence-electron chi connectivity index (χ3n) is 2.24. The van der Waals surface area contributed by atoms with Gasteiger partial charge in [-0.05, 0) is 13.5 Å². The highest BCUT2D eigenvalue weighted by Gasteiger charge is 2.58. The number of primary amides is 1. The minimum Gasteiger partial charge on any atom is -0.368 e. The Morgan fingerprint density at radius 2 is 1.63 bits per heavy atom. The fourth-order valence-corrected chi connectivity index (χ4v) is 1.22. The maximum atomic E-state index is 12.2. The molecule has 0 aromatic carbocycles. The highest BCUT2D eigenvalue weighted by molar-refractivity contribution is 5.84. The Hall–Kier alpha value is -1.03. The van der Waals surface area contributed by atoms with E-state index in [1.807, 2.05) is 0 Å². The van der Waals surface area contributed by atoms with Crippen LogP contribution in [0, 0.1) is 0 Å². The molecule has 0 rings (SSSR count). The normalized spacial score (nSPS) is 16.5. The van der Waals surface area contributed by atoms with E-state index in [1.165, 1.54) is 6.92 Å². The molecule has 1 atom stereocenters. The van der Waals surface area contributed by atoms with E-state index in [2.05, 4.69) is 10.1 Å². The summed E-state index contributed by atoms with van der Waals surface area (Å²) >= 11 is 0. The molecule has 4 nitrogen and oxygen atoms in total. The number of halogens is 6. The van der Waals surface area contributed by atoms with Gasteiger partial charge in [-0.3, -0.25) is 4.79 Å². The van der Waals surface area contributed by atoms with E-state index < -0.39 is 36.5 Å². The lowest BCUT2D eigenvalue weighted by Crippen LogP contribution is -2.58. The summed E-state index contributed by atoms with van der Waals surface area (Å²) in [5.41, 5.74) is 3.10. The molecule has 0 spiro atoms. The number of nitrogens with two attached hydrogens (primary N) is 1. The molecule has 1 unspecified atom stereocenters. The minimum absolute atomic E-state index is 0.117. The third-order valence-corrected chi connectivity index (χ3v) is 2.24. The lowest BCUT2D eigenvalue weighted by atomic mass is 10.0. The molecule has 0 heterocycles. The van der Waals surface area contributed by atoms with Crippen LogP contribution in [0.3, 0.4) is 0 Å². The van der Waals surface area contributed by atoms with Gasteiger partial charge in [0.1, 0.15) is 5.54 Å². The SMILES string of the molecule is CCNC(C)(COC(C(F)(F)F)C(F)(F)F)C(N)=O. The number of hydrogen-bond acceptors (Lipinski definition) is 3. The predicted molar refractivity (Wildman–Crippen MR) is 53.1 cm³/mol. The molecule has 0 fully saturated rings. The smallest absolute Gasteiger partial charge is 0.368 e. The van der Waals surface area contributed by atoms with Gasteiger partial charge in [-0.25, -0.2) is 0 Å². The van der Waals surface area contributed by atoms with Gasteiger partial charge in [0.2, 0.25) is 12.0 Å². The summed E-state index contributed by atoms with van der Waals surface area (Å²) in [5.74, 6) is -1.11. The van der Waals surface area contributed by atoms with Crippen LogP contribution in [0.15, 0.2) is 0 Å². The summed E-state index contributed by atoms with van der Waals surface area (Å²) < 4.78 is 77.0. The van der Waals surface area contributed by atoms with E-state index in [1.54, 1.807) is 0 Å². The monoisotopic (exact) mass is 296 g/mol. The molecule has 1 amide bonds. The Morgan fingerprint density at radius 3 is 1.89 bits per heavy atom. The Bertz CT molecular complexity index is 303. The topological polar surface area (TPSA) is 64.3 Å². The van der Waals surface area contributed by atoms with E-state index in [4.69, 9.17) is 5.73 Å². The van der Waals surface area contributed by atoms with Crippen LogP contribution in [0.2, 0.25) is 0 Å². The van der Waals surface area contributed by atoms with Crippen molar-refractivity contribution in [2.45, 2.75) is 37.8 Å². The highest BCUT2D eigenvalue weighted by Crippen LogP contribution is 2.36. The number of likely N-dealkylation sites (N-methyl/N-ethyl adjacent to an activating group) is 1. The Balaban J connectivity index is 4.95. The first-order valence-corrected chi connectivity index (χ1v) is 5.14. The lowest BCUT2D eigenvalue weighted by Gasteiger charge is -2.30. The van der Waals surface area contributed by atoms with Crippen molar-refractivity contribution >= 4 is 5.91 Å². The minimum atomic E-state index is -5.62. The summed E-state index contributed by atoms with van der Waals surface area (Å²) in [5, 5.41) is 2.38. The molecule has 10 heteroatoms. The van der Waals surface area contributed by atoms with Gasteiger partial charge >= 0.3 is 12.4 Å². The summed E-state index contributed by atoms with van der Waals surface area (Å²) in [6.07, 6.45) is -15.2. The van der Waals surface area contributed by atoms with Crippen LogP contribution < -0.4 is 11.1 Å². The van der Waals surface area contributed by atoms with Gasteiger partial charge in [-0.1, -0.05) is 6.92 Å². The van der Waals surface area contributed by atoms with Crippen LogP contribution in [0.1, 0.15) is 13.8 Å². The maximum Gasteiger partial charge on any atom is 0.423 e. The molecular formula is C9H14F6N2O2. The van der Waals surface area contributed by atoms with Crippen LogP contribution in [-0.4, -0.2) is 43.1 Å². The molecule has 0 saturated heterocycles. The maximum absolute atomic E-state index is 12.2. The second-order valence-electron chi connectivity index (χ2n) is 4.00. The first-order chi connectivity index (χ1) is 8.34. The number of amides is 1. The zero-order valence-electron chi connectivity index (χ0n) is 10.2. The Morgan fingerprint density at radius 1 is 1.21 bits per heavy atom. The number of carbonyl (C=O) groups is 1. The van der Waals surface area contributed by atoms with Gasteiger partial charge < -0.3 is 15.8 Å². The molecule has 114 valence electrons. The van der Waals surface area contributed by atoms with Crippen molar-refractivity contribution in [3.63, 3.8) is 0 Å². The summed E-state index contributed by atoms with van der Waals surface area (Å²) in [4.78, 5) is 11.0. The zero-order chi connectivity index (χ0) is 15.5. The average molecular weight is 296 g/mol. The number of hydrogen-bond donors (Lipinski definition) is 2. The largest absolute Gasteiger partial charge is 0.423 e. The molecule has 0 aromatic heterocycles. The quantitative estimate of drug-likeness (QED) is 0.727. The van der Waals surface area contributed by atoms with Gasteiger partial charge in [0.25, 0.3) is 0 Å². The van der Waals surface area contributed by atoms with E-state index in [-0.39, 0.29) is 6.54 Å². The number of rotatable bonds is 6. The molecule has 0 bridgehead atoms. The summed E-state index contributed by atoms with van der Waals surface area (Å²) in [6.45, 7) is 1.53. The van der Waals surface area contributed by atoms with E-state index in [9.17, 15) is 31.1 Å². The fourth-order valence-electron chi connectivity index (χ4n) is 1.22. The van der Waals surface area contributed by atoms with Crippen LogP contribution in [-0.2, 0) is 9.53 Å². The molecule has 3 N–H and O–H groups in total. The first-order valence-electron chi connectivity index (χ1n) is 5.14. The average Bonchev–Trinajstić information content (AvgIpc) is 2.13. The molecule has 19 heavy (non-hydrogen) atoms. The van der Waals surface area contributed by atoms with E-state index >= 15 is 0 Å². The zero-order valence-corrected chi connectivity index (χ0v) is 10.2. The van der Waals surface area contributed by atoms with Crippen LogP contribution >= 0.6 is 0 Å². The van der Waals surface area contributed by atoms with Crippen LogP contribution in [0.4, 0.5) is 26.3 Å². The van der Waals surface area contributed by atoms with Crippen molar-refractivity contribution in [3.05, 3.63) is 0 Å². The number of carbonyl (C=O) groups excluding carboxylic acids is 1. The first kappa shape index (κ1) is 18.0. The molecular weight excluding hydrogens is 282 g/mol. The van der Waals surface area contributed by atoms with Gasteiger partial charge in [0.15, 0.2) is 0 Å². The number of ether oxygens (including phenoxy) is 1. The lowest BCUT2D eigenvalue weighted by molar-refractivity contribution is -0.323. The number of nitrogens with one attached hydrogen (secondary N) is 1. The van der Waals surface area contributed by atoms with Crippen molar-refractivity contribution in [1.29, 1.82) is 0 Å². The van der Waals surface area contributed by atoms with E-state index in [0.29, 0.717) is 0 Å². The van der Waals surface area contributed by atoms with Crippen molar-refractivity contribution in [2.24, 2.45) is 5.73 Å². The Labute approximate surface area is 105 Å². The molecule has 0 radical (unpaired) electrons.